The number of hydrogen-bond acceptors (Lipinski definition) is 2. The van der Waals surface area contributed by atoms with Crippen molar-refractivity contribution in [2.24, 2.45) is 4.99 Å². The summed E-state index contributed by atoms with van der Waals surface area (Å²) in [6, 6.07) is 0. The summed E-state index contributed by atoms with van der Waals surface area (Å²) in [5.41, 5.74) is 0. The van der Waals surface area contributed by atoms with E-state index >= 15 is 0 Å². The van der Waals surface area contributed by atoms with Gasteiger partial charge in [-0.15, -0.1) is 0 Å². The molecular weight excluding hydrogens is 94.0 g/mol. The SMILES string of the molecule is C=NC(=O)OCC. The number of hydrogen-bond donors (Lipinski definition) is 0. The van der Waals surface area contributed by atoms with E-state index in [1.807, 2.05) is 0 Å². The van der Waals surface area contributed by atoms with E-state index in [4.69, 9.17) is 0 Å². The van der Waals surface area contributed by atoms with Crippen LogP contribution in [-0.2, 0) is 4.74 Å². The summed E-state index contributed by atoms with van der Waals surface area (Å²) in [6.45, 7) is 5.03. The standard InChI is InChI=1S/C4H7NO2/c1-3-7-4(6)5-2/h2-3H2,1H3. The first-order valence-corrected chi connectivity index (χ1v) is 1.94. The Labute approximate surface area is 42.0 Å². The van der Waals surface area contributed by atoms with E-state index in [-0.39, 0.29) is 0 Å². The lowest BCUT2D eigenvalue weighted by molar-refractivity contribution is 0.164. The Morgan fingerprint density at radius 2 is 2.57 bits per heavy atom. The Morgan fingerprint density at radius 1 is 2.00 bits per heavy atom. The summed E-state index contributed by atoms with van der Waals surface area (Å²) >= 11 is 0. The zero-order valence-corrected chi connectivity index (χ0v) is 4.18. The van der Waals surface area contributed by atoms with E-state index in [1.165, 1.54) is 0 Å². The van der Waals surface area contributed by atoms with Crippen molar-refractivity contribution in [3.05, 3.63) is 0 Å². The molecular formula is C4H7NO2. The third-order valence-corrected chi connectivity index (χ3v) is 0.397. The summed E-state index contributed by atoms with van der Waals surface area (Å²) in [4.78, 5) is 12.9. The summed E-state index contributed by atoms with van der Waals surface area (Å²) < 4.78 is 4.32. The van der Waals surface area contributed by atoms with Crippen LogP contribution in [0.2, 0.25) is 0 Å². The summed E-state index contributed by atoms with van der Waals surface area (Å²) in [6.07, 6.45) is -0.609. The normalized spacial score (nSPS) is 7.57. The highest BCUT2D eigenvalue weighted by atomic mass is 16.5. The molecule has 0 aliphatic carbocycles. The highest BCUT2D eigenvalue weighted by Gasteiger charge is 1.88. The lowest BCUT2D eigenvalue weighted by Crippen LogP contribution is -1.95. The van der Waals surface area contributed by atoms with E-state index in [0.717, 1.165) is 0 Å². The predicted octanol–water partition coefficient (Wildman–Crippen LogP) is 0.844. The van der Waals surface area contributed by atoms with Gasteiger partial charge < -0.3 is 4.74 Å². The van der Waals surface area contributed by atoms with Crippen LogP contribution in [0.4, 0.5) is 4.79 Å². The van der Waals surface area contributed by atoms with Crippen molar-refractivity contribution < 1.29 is 9.53 Å². The van der Waals surface area contributed by atoms with Crippen molar-refractivity contribution in [2.75, 3.05) is 6.61 Å². The fraction of sp³-hybridized carbons (Fsp3) is 0.500. The molecule has 0 aromatic rings. The number of carbonyl (C=O) groups is 1. The van der Waals surface area contributed by atoms with E-state index in [9.17, 15) is 4.79 Å². The van der Waals surface area contributed by atoms with Gasteiger partial charge in [-0.2, -0.15) is 4.99 Å². The molecule has 0 unspecified atom stereocenters. The van der Waals surface area contributed by atoms with Gasteiger partial charge in [0, 0.05) is 0 Å². The van der Waals surface area contributed by atoms with Crippen LogP contribution in [0.25, 0.3) is 0 Å². The Balaban J connectivity index is 3.17. The van der Waals surface area contributed by atoms with Crippen molar-refractivity contribution in [3.8, 4) is 0 Å². The second kappa shape index (κ2) is 3.33. The molecule has 0 atom stereocenters. The maximum atomic E-state index is 9.96. The van der Waals surface area contributed by atoms with Crippen LogP contribution in [0.1, 0.15) is 6.92 Å². The second-order valence-corrected chi connectivity index (χ2v) is 0.857. The van der Waals surface area contributed by atoms with Gasteiger partial charge in [-0.1, -0.05) is 0 Å². The van der Waals surface area contributed by atoms with Gasteiger partial charge in [0.15, 0.2) is 0 Å². The molecule has 0 radical (unpaired) electrons. The number of aliphatic imine (C=N–C) groups is 1. The van der Waals surface area contributed by atoms with Crippen molar-refractivity contribution in [1.29, 1.82) is 0 Å². The zero-order valence-electron chi connectivity index (χ0n) is 4.18. The van der Waals surface area contributed by atoms with Crippen LogP contribution in [0.3, 0.4) is 0 Å². The van der Waals surface area contributed by atoms with Crippen molar-refractivity contribution in [2.45, 2.75) is 6.92 Å². The minimum Gasteiger partial charge on any atom is -0.448 e. The maximum absolute atomic E-state index is 9.96. The number of carbonyl (C=O) groups excluding carboxylic acids is 1. The van der Waals surface area contributed by atoms with Gasteiger partial charge in [0.1, 0.15) is 0 Å². The molecule has 0 aliphatic heterocycles. The van der Waals surface area contributed by atoms with Gasteiger partial charge in [0.05, 0.1) is 6.61 Å². The molecule has 0 N–H and O–H groups in total. The molecule has 0 fully saturated rings. The molecule has 0 bridgehead atoms. The topological polar surface area (TPSA) is 38.7 Å². The highest BCUT2D eigenvalue weighted by molar-refractivity contribution is 5.72. The van der Waals surface area contributed by atoms with Crippen LogP contribution < -0.4 is 0 Å². The molecule has 0 rings (SSSR count). The van der Waals surface area contributed by atoms with Crippen molar-refractivity contribution in [1.82, 2.24) is 0 Å². The fourth-order valence-electron chi connectivity index (χ4n) is 0.169. The van der Waals surface area contributed by atoms with Gasteiger partial charge in [0.25, 0.3) is 0 Å². The smallest absolute Gasteiger partial charge is 0.432 e. The molecule has 0 aromatic heterocycles. The van der Waals surface area contributed by atoms with Crippen LogP contribution in [0.15, 0.2) is 4.99 Å². The molecule has 0 spiro atoms. The van der Waals surface area contributed by atoms with Gasteiger partial charge in [0.2, 0.25) is 0 Å². The first kappa shape index (κ1) is 6.14. The highest BCUT2D eigenvalue weighted by Crippen LogP contribution is 1.77. The minimum atomic E-state index is -0.609. The molecule has 0 heterocycles. The van der Waals surface area contributed by atoms with Gasteiger partial charge in [-0.3, -0.25) is 0 Å². The predicted molar refractivity (Wildman–Crippen MR) is 26.6 cm³/mol. The Morgan fingerprint density at radius 3 is 2.71 bits per heavy atom. The molecule has 3 nitrogen and oxygen atoms in total. The van der Waals surface area contributed by atoms with Crippen LogP contribution in [0.5, 0.6) is 0 Å². The maximum Gasteiger partial charge on any atom is 0.432 e. The molecule has 0 aromatic carbocycles. The zero-order chi connectivity index (χ0) is 5.70. The molecule has 0 saturated carbocycles. The van der Waals surface area contributed by atoms with Crippen LogP contribution in [0, 0.1) is 0 Å². The Hall–Kier alpha value is -0.860. The van der Waals surface area contributed by atoms with Gasteiger partial charge >= 0.3 is 6.09 Å². The van der Waals surface area contributed by atoms with Crippen LogP contribution >= 0.6 is 0 Å². The average molecular weight is 101 g/mol. The van der Waals surface area contributed by atoms with E-state index in [2.05, 4.69) is 16.4 Å². The van der Waals surface area contributed by atoms with Crippen LogP contribution in [-0.4, -0.2) is 19.4 Å². The average Bonchev–Trinajstić information content (AvgIpc) is 1.68. The first-order valence-electron chi connectivity index (χ1n) is 1.94. The fourth-order valence-corrected chi connectivity index (χ4v) is 0.169. The van der Waals surface area contributed by atoms with Gasteiger partial charge in [-0.05, 0) is 13.6 Å². The van der Waals surface area contributed by atoms with E-state index in [1.54, 1.807) is 6.92 Å². The Bertz CT molecular complexity index is 79.8. The monoisotopic (exact) mass is 101 g/mol. The first-order chi connectivity index (χ1) is 3.31. The third-order valence-electron chi connectivity index (χ3n) is 0.397. The number of rotatable bonds is 1. The van der Waals surface area contributed by atoms with E-state index < -0.39 is 6.09 Å². The minimum absolute atomic E-state index is 0.359. The number of nitrogens with zero attached hydrogens (tertiary/aromatic N) is 1. The van der Waals surface area contributed by atoms with Gasteiger partial charge in [-0.25, -0.2) is 4.79 Å². The molecule has 0 saturated heterocycles. The van der Waals surface area contributed by atoms with E-state index in [0.29, 0.717) is 6.61 Å². The lowest BCUT2D eigenvalue weighted by atomic mass is 10.9. The quantitative estimate of drug-likeness (QED) is 0.459. The lowest BCUT2D eigenvalue weighted by Gasteiger charge is -1.89. The summed E-state index contributed by atoms with van der Waals surface area (Å²) in [7, 11) is 0. The molecule has 0 aliphatic rings. The van der Waals surface area contributed by atoms with Crippen molar-refractivity contribution >= 4 is 12.8 Å². The molecule has 1 amide bonds. The molecule has 3 heteroatoms. The third kappa shape index (κ3) is 2.96. The number of amides is 1. The Kier molecular flexibility index (Phi) is 2.92. The molecule has 7 heavy (non-hydrogen) atoms. The molecule has 40 valence electrons. The largest absolute Gasteiger partial charge is 0.448 e. The summed E-state index contributed by atoms with van der Waals surface area (Å²) in [5, 5.41) is 0. The second-order valence-electron chi connectivity index (χ2n) is 0.857. The van der Waals surface area contributed by atoms with Crippen molar-refractivity contribution in [3.63, 3.8) is 0 Å². The number of ether oxygens (including phenoxy) is 1. The summed E-state index contributed by atoms with van der Waals surface area (Å²) in [5.74, 6) is 0.